The number of amides is 2. The SMILES string of the molecule is CN(CO)C(=O)N1CCC2(CCCN2)CC1. The second kappa shape index (κ2) is 4.59. The van der Waals surface area contributed by atoms with Crippen molar-refractivity contribution in [3.8, 4) is 0 Å². The standard InChI is InChI=1S/C11H21N3O2/c1-13(9-15)10(16)14-7-4-11(5-8-14)3-2-6-12-11/h12,15H,2-9H2,1H3. The Kier molecular flexibility index (Phi) is 3.35. The molecule has 92 valence electrons. The zero-order chi connectivity index (χ0) is 11.6. The molecular weight excluding hydrogens is 206 g/mol. The van der Waals surface area contributed by atoms with Crippen LogP contribution in [0.15, 0.2) is 0 Å². The fourth-order valence-electron chi connectivity index (χ4n) is 2.72. The molecule has 0 aromatic carbocycles. The maximum absolute atomic E-state index is 11.8. The number of piperidine rings is 1. The normalized spacial score (nSPS) is 23.8. The summed E-state index contributed by atoms with van der Waals surface area (Å²) in [7, 11) is 1.63. The summed E-state index contributed by atoms with van der Waals surface area (Å²) in [5.41, 5.74) is 0.300. The Balaban J connectivity index is 1.87. The van der Waals surface area contributed by atoms with Gasteiger partial charge < -0.3 is 20.2 Å². The molecule has 16 heavy (non-hydrogen) atoms. The molecule has 0 aromatic rings. The van der Waals surface area contributed by atoms with E-state index in [0.717, 1.165) is 32.5 Å². The molecule has 0 unspecified atom stereocenters. The number of hydrogen-bond acceptors (Lipinski definition) is 3. The zero-order valence-corrected chi connectivity index (χ0v) is 9.91. The Morgan fingerprint density at radius 3 is 2.62 bits per heavy atom. The molecule has 2 aliphatic heterocycles. The second-order valence-corrected chi connectivity index (χ2v) is 4.92. The third-order valence-electron chi connectivity index (χ3n) is 3.86. The molecule has 0 radical (unpaired) electrons. The number of aliphatic hydroxyl groups is 1. The maximum atomic E-state index is 11.8. The fourth-order valence-corrected chi connectivity index (χ4v) is 2.72. The first-order chi connectivity index (χ1) is 7.67. The number of rotatable bonds is 1. The van der Waals surface area contributed by atoms with Gasteiger partial charge in [0.1, 0.15) is 6.73 Å². The number of carbonyl (C=O) groups is 1. The lowest BCUT2D eigenvalue weighted by Crippen LogP contribution is -2.53. The highest BCUT2D eigenvalue weighted by molar-refractivity contribution is 5.74. The van der Waals surface area contributed by atoms with Crippen molar-refractivity contribution in [2.24, 2.45) is 0 Å². The highest BCUT2D eigenvalue weighted by Crippen LogP contribution is 2.30. The van der Waals surface area contributed by atoms with Gasteiger partial charge in [-0.25, -0.2) is 4.79 Å². The molecule has 2 aliphatic rings. The van der Waals surface area contributed by atoms with E-state index >= 15 is 0 Å². The lowest BCUT2D eigenvalue weighted by molar-refractivity contribution is 0.0934. The van der Waals surface area contributed by atoms with Crippen molar-refractivity contribution < 1.29 is 9.90 Å². The predicted octanol–water partition coefficient (Wildman–Crippen LogP) is 0.206. The number of carbonyl (C=O) groups excluding carboxylic acids is 1. The molecule has 5 nitrogen and oxygen atoms in total. The summed E-state index contributed by atoms with van der Waals surface area (Å²) < 4.78 is 0. The molecule has 2 amide bonds. The van der Waals surface area contributed by atoms with E-state index in [-0.39, 0.29) is 12.8 Å². The minimum atomic E-state index is -0.210. The first-order valence-electron chi connectivity index (χ1n) is 6.03. The minimum Gasteiger partial charge on any atom is -0.376 e. The van der Waals surface area contributed by atoms with E-state index < -0.39 is 0 Å². The summed E-state index contributed by atoms with van der Waals surface area (Å²) in [6.07, 6.45) is 4.57. The Morgan fingerprint density at radius 1 is 1.44 bits per heavy atom. The summed E-state index contributed by atoms with van der Waals surface area (Å²) in [6.45, 7) is 2.51. The van der Waals surface area contributed by atoms with Crippen LogP contribution in [0.5, 0.6) is 0 Å². The minimum absolute atomic E-state index is 0.0599. The van der Waals surface area contributed by atoms with Crippen LogP contribution in [0.4, 0.5) is 4.79 Å². The first kappa shape index (κ1) is 11.7. The van der Waals surface area contributed by atoms with E-state index in [2.05, 4.69) is 5.32 Å². The van der Waals surface area contributed by atoms with Gasteiger partial charge in [-0.05, 0) is 32.2 Å². The van der Waals surface area contributed by atoms with Gasteiger partial charge >= 0.3 is 6.03 Å². The van der Waals surface area contributed by atoms with E-state index in [1.54, 1.807) is 7.05 Å². The van der Waals surface area contributed by atoms with Crippen molar-refractivity contribution in [1.82, 2.24) is 15.1 Å². The van der Waals surface area contributed by atoms with Crippen LogP contribution in [-0.4, -0.2) is 59.9 Å². The summed E-state index contributed by atoms with van der Waals surface area (Å²) in [5.74, 6) is 0. The third kappa shape index (κ3) is 2.15. The monoisotopic (exact) mass is 227 g/mol. The summed E-state index contributed by atoms with van der Waals surface area (Å²) in [4.78, 5) is 15.0. The molecule has 2 fully saturated rings. The first-order valence-corrected chi connectivity index (χ1v) is 6.03. The van der Waals surface area contributed by atoms with E-state index in [1.165, 1.54) is 17.7 Å². The fraction of sp³-hybridized carbons (Fsp3) is 0.909. The molecule has 1 spiro atoms. The van der Waals surface area contributed by atoms with E-state index in [1.807, 2.05) is 4.90 Å². The molecular formula is C11H21N3O2. The summed E-state index contributed by atoms with van der Waals surface area (Å²) in [6, 6.07) is -0.0599. The van der Waals surface area contributed by atoms with Crippen molar-refractivity contribution in [2.75, 3.05) is 33.4 Å². The van der Waals surface area contributed by atoms with Crippen molar-refractivity contribution in [2.45, 2.75) is 31.2 Å². The van der Waals surface area contributed by atoms with Gasteiger partial charge in [0.05, 0.1) is 0 Å². The third-order valence-corrected chi connectivity index (χ3v) is 3.86. The van der Waals surface area contributed by atoms with E-state index in [0.29, 0.717) is 5.54 Å². The average molecular weight is 227 g/mol. The number of nitrogens with one attached hydrogen (secondary N) is 1. The van der Waals surface area contributed by atoms with Gasteiger partial charge in [-0.15, -0.1) is 0 Å². The molecule has 0 atom stereocenters. The van der Waals surface area contributed by atoms with Gasteiger partial charge in [-0.2, -0.15) is 0 Å². The molecule has 2 saturated heterocycles. The highest BCUT2D eigenvalue weighted by Gasteiger charge is 2.38. The Hall–Kier alpha value is -0.810. The van der Waals surface area contributed by atoms with Crippen LogP contribution in [0.25, 0.3) is 0 Å². The Morgan fingerprint density at radius 2 is 2.12 bits per heavy atom. The Labute approximate surface area is 96.4 Å². The lowest BCUT2D eigenvalue weighted by Gasteiger charge is -2.40. The predicted molar refractivity (Wildman–Crippen MR) is 61.0 cm³/mol. The smallest absolute Gasteiger partial charge is 0.321 e. The van der Waals surface area contributed by atoms with Gasteiger partial charge in [0, 0.05) is 25.7 Å². The maximum Gasteiger partial charge on any atom is 0.321 e. The van der Waals surface area contributed by atoms with Crippen molar-refractivity contribution >= 4 is 6.03 Å². The molecule has 2 N–H and O–H groups in total. The quantitative estimate of drug-likeness (QED) is 0.629. The number of likely N-dealkylation sites (tertiary alicyclic amines) is 1. The van der Waals surface area contributed by atoms with Crippen molar-refractivity contribution in [1.29, 1.82) is 0 Å². The second-order valence-electron chi connectivity index (χ2n) is 4.92. The molecule has 0 aromatic heterocycles. The topological polar surface area (TPSA) is 55.8 Å². The van der Waals surface area contributed by atoms with Crippen LogP contribution >= 0.6 is 0 Å². The van der Waals surface area contributed by atoms with Gasteiger partial charge in [0.15, 0.2) is 0 Å². The van der Waals surface area contributed by atoms with Gasteiger partial charge in [0.25, 0.3) is 0 Å². The van der Waals surface area contributed by atoms with Crippen LogP contribution in [-0.2, 0) is 0 Å². The van der Waals surface area contributed by atoms with Gasteiger partial charge in [-0.3, -0.25) is 0 Å². The number of urea groups is 1. The lowest BCUT2D eigenvalue weighted by atomic mass is 9.86. The molecule has 0 saturated carbocycles. The number of hydrogen-bond donors (Lipinski definition) is 2. The van der Waals surface area contributed by atoms with Crippen LogP contribution in [0.3, 0.4) is 0 Å². The molecule has 2 rings (SSSR count). The average Bonchev–Trinajstić information content (AvgIpc) is 2.77. The number of aliphatic hydroxyl groups excluding tert-OH is 1. The van der Waals surface area contributed by atoms with E-state index in [4.69, 9.17) is 5.11 Å². The summed E-state index contributed by atoms with van der Waals surface area (Å²) >= 11 is 0. The van der Waals surface area contributed by atoms with Crippen LogP contribution in [0.2, 0.25) is 0 Å². The molecule has 2 heterocycles. The van der Waals surface area contributed by atoms with Crippen molar-refractivity contribution in [3.63, 3.8) is 0 Å². The zero-order valence-electron chi connectivity index (χ0n) is 9.91. The largest absolute Gasteiger partial charge is 0.376 e. The highest BCUT2D eigenvalue weighted by atomic mass is 16.3. The van der Waals surface area contributed by atoms with Crippen molar-refractivity contribution in [3.05, 3.63) is 0 Å². The van der Waals surface area contributed by atoms with Gasteiger partial charge in [-0.1, -0.05) is 0 Å². The number of nitrogens with zero attached hydrogens (tertiary/aromatic N) is 2. The molecule has 0 aliphatic carbocycles. The van der Waals surface area contributed by atoms with Crippen LogP contribution in [0, 0.1) is 0 Å². The summed E-state index contributed by atoms with van der Waals surface area (Å²) in [5, 5.41) is 12.5. The van der Waals surface area contributed by atoms with E-state index in [9.17, 15) is 4.79 Å². The van der Waals surface area contributed by atoms with Gasteiger partial charge in [0.2, 0.25) is 0 Å². The van der Waals surface area contributed by atoms with Crippen LogP contribution < -0.4 is 5.32 Å². The Bertz CT molecular complexity index is 254. The van der Waals surface area contributed by atoms with Crippen LogP contribution in [0.1, 0.15) is 25.7 Å². The molecule has 5 heteroatoms. The molecule has 0 bridgehead atoms.